The third-order valence-electron chi connectivity index (χ3n) is 15.0. The maximum absolute atomic E-state index is 2.46. The van der Waals surface area contributed by atoms with Crippen LogP contribution in [-0.4, -0.2) is 0 Å². The van der Waals surface area contributed by atoms with Gasteiger partial charge in [0.25, 0.3) is 0 Å². The molecule has 15 aromatic rings. The van der Waals surface area contributed by atoms with E-state index < -0.39 is 0 Å². The van der Waals surface area contributed by atoms with Gasteiger partial charge in [0.15, 0.2) is 0 Å². The summed E-state index contributed by atoms with van der Waals surface area (Å²) in [6.07, 6.45) is 0. The fourth-order valence-electron chi connectivity index (χ4n) is 12.5. The van der Waals surface area contributed by atoms with Crippen molar-refractivity contribution in [2.24, 2.45) is 0 Å². The third kappa shape index (κ3) is 4.51. The SMILES string of the molecule is Cc1ccc2c3c1cccc3c1c3c4cccc5cccc(c3c(-c3ccccc3)c3c(-c6ccccc6)c6c7ccc(-c8ccccc8)c8c(-c9ccccc9)ccc(c87)c6c2c31)c54. The lowest BCUT2D eigenvalue weighted by Crippen LogP contribution is -1.95. The summed E-state index contributed by atoms with van der Waals surface area (Å²) >= 11 is 0. The number of aryl methyl sites for hydroxylation is 1. The van der Waals surface area contributed by atoms with E-state index in [9.17, 15) is 0 Å². The molecule has 0 saturated carbocycles. The molecule has 0 aliphatic heterocycles. The third-order valence-corrected chi connectivity index (χ3v) is 15.0. The largest absolute Gasteiger partial charge is 0.0622 e. The van der Waals surface area contributed by atoms with Gasteiger partial charge in [0.1, 0.15) is 0 Å². The molecule has 0 fully saturated rings. The maximum atomic E-state index is 2.46. The Bertz CT molecular complexity index is 4360. The lowest BCUT2D eigenvalue weighted by molar-refractivity contribution is 1.55. The Morgan fingerprint density at radius 1 is 0.200 bits per heavy atom. The Hall–Kier alpha value is -8.32. The summed E-state index contributed by atoms with van der Waals surface area (Å²) in [4.78, 5) is 0. The molecule has 0 amide bonds. The minimum atomic E-state index is 1.23. The van der Waals surface area contributed by atoms with Crippen LogP contribution in [0.1, 0.15) is 5.56 Å². The van der Waals surface area contributed by atoms with E-state index >= 15 is 0 Å². The molecule has 0 saturated heterocycles. The molecule has 0 atom stereocenters. The van der Waals surface area contributed by atoms with Gasteiger partial charge in [-0.3, -0.25) is 0 Å². The molecule has 0 spiro atoms. The number of hydrogen-bond donors (Lipinski definition) is 0. The zero-order valence-electron chi connectivity index (χ0n) is 35.7. The van der Waals surface area contributed by atoms with Crippen molar-refractivity contribution < 1.29 is 0 Å². The van der Waals surface area contributed by atoms with E-state index in [4.69, 9.17) is 0 Å². The van der Waals surface area contributed by atoms with Crippen molar-refractivity contribution in [1.29, 1.82) is 0 Å². The monoisotopic (exact) mass is 818 g/mol. The van der Waals surface area contributed by atoms with Crippen LogP contribution < -0.4 is 0 Å². The van der Waals surface area contributed by atoms with Crippen LogP contribution in [0.25, 0.3) is 152 Å². The quantitative estimate of drug-likeness (QED) is 0.123. The van der Waals surface area contributed by atoms with Gasteiger partial charge in [-0.15, -0.1) is 0 Å². The highest BCUT2D eigenvalue weighted by atomic mass is 14.3. The van der Waals surface area contributed by atoms with Gasteiger partial charge < -0.3 is 0 Å². The van der Waals surface area contributed by atoms with Gasteiger partial charge in [-0.2, -0.15) is 0 Å². The van der Waals surface area contributed by atoms with Gasteiger partial charge in [-0.1, -0.05) is 212 Å². The van der Waals surface area contributed by atoms with Crippen molar-refractivity contribution in [3.05, 3.63) is 218 Å². The molecule has 0 aliphatic rings. The average Bonchev–Trinajstić information content (AvgIpc) is 3.88. The highest BCUT2D eigenvalue weighted by Gasteiger charge is 2.31. The zero-order chi connectivity index (χ0) is 42.5. The van der Waals surface area contributed by atoms with Gasteiger partial charge in [0.2, 0.25) is 0 Å². The Morgan fingerprint density at radius 3 is 1.12 bits per heavy atom. The topological polar surface area (TPSA) is 0 Å². The highest BCUT2D eigenvalue weighted by Crippen LogP contribution is 2.60. The Labute approximate surface area is 375 Å². The van der Waals surface area contributed by atoms with E-state index in [1.165, 1.54) is 158 Å². The van der Waals surface area contributed by atoms with Crippen LogP contribution in [0.15, 0.2) is 212 Å². The number of hydrogen-bond acceptors (Lipinski definition) is 0. The first kappa shape index (κ1) is 35.2. The maximum Gasteiger partial charge on any atom is -0.0000476 e. The summed E-state index contributed by atoms with van der Waals surface area (Å²) in [6.45, 7) is 2.28. The molecule has 65 heavy (non-hydrogen) atoms. The van der Waals surface area contributed by atoms with Crippen molar-refractivity contribution in [2.75, 3.05) is 0 Å². The van der Waals surface area contributed by atoms with Crippen LogP contribution >= 0.6 is 0 Å². The molecule has 0 heteroatoms. The van der Waals surface area contributed by atoms with Crippen LogP contribution in [0.5, 0.6) is 0 Å². The second kappa shape index (κ2) is 12.9. The van der Waals surface area contributed by atoms with Gasteiger partial charge in [-0.25, -0.2) is 0 Å². The molecule has 15 rings (SSSR count). The van der Waals surface area contributed by atoms with E-state index in [-0.39, 0.29) is 0 Å². The molecule has 0 aliphatic carbocycles. The summed E-state index contributed by atoms with van der Waals surface area (Å²) in [5.41, 5.74) is 11.4. The van der Waals surface area contributed by atoms with Gasteiger partial charge in [0, 0.05) is 0 Å². The predicted molar refractivity (Wildman–Crippen MR) is 282 cm³/mol. The van der Waals surface area contributed by atoms with Gasteiger partial charge in [0.05, 0.1) is 0 Å². The minimum absolute atomic E-state index is 1.23. The minimum Gasteiger partial charge on any atom is -0.0622 e. The Kier molecular flexibility index (Phi) is 6.97. The predicted octanol–water partition coefficient (Wildman–Crippen LogP) is 18.5. The fraction of sp³-hybridized carbons (Fsp3) is 0.0154. The van der Waals surface area contributed by atoms with E-state index in [2.05, 4.69) is 219 Å². The Morgan fingerprint density at radius 2 is 0.585 bits per heavy atom. The molecule has 0 heterocycles. The van der Waals surface area contributed by atoms with Crippen LogP contribution in [0.3, 0.4) is 0 Å². The number of benzene rings is 13. The molecule has 0 radical (unpaired) electrons. The highest BCUT2D eigenvalue weighted by molar-refractivity contribution is 6.55. The second-order valence-electron chi connectivity index (χ2n) is 18.2. The van der Waals surface area contributed by atoms with Crippen molar-refractivity contribution in [1.82, 2.24) is 0 Å². The zero-order valence-corrected chi connectivity index (χ0v) is 35.7. The number of rotatable bonds is 4. The summed E-state index contributed by atoms with van der Waals surface area (Å²) in [7, 11) is 0. The molecule has 0 nitrogen and oxygen atoms in total. The van der Waals surface area contributed by atoms with E-state index in [0.717, 1.165) is 0 Å². The van der Waals surface area contributed by atoms with Crippen molar-refractivity contribution in [2.45, 2.75) is 6.92 Å². The molecule has 298 valence electrons. The van der Waals surface area contributed by atoms with E-state index in [1.54, 1.807) is 0 Å². The average molecular weight is 819 g/mol. The fourth-order valence-corrected chi connectivity index (χ4v) is 12.5. The first-order valence-electron chi connectivity index (χ1n) is 22.9. The molecular weight excluding hydrogens is 781 g/mol. The molecule has 0 N–H and O–H groups in total. The summed E-state index contributed by atoms with van der Waals surface area (Å²) in [6, 6.07) is 80.1. The van der Waals surface area contributed by atoms with Crippen LogP contribution in [0.4, 0.5) is 0 Å². The molecule has 0 unspecified atom stereocenters. The molecule has 15 aromatic carbocycles. The smallest absolute Gasteiger partial charge is 0.0000476 e. The van der Waals surface area contributed by atoms with Crippen molar-refractivity contribution in [3.63, 3.8) is 0 Å². The van der Waals surface area contributed by atoms with Crippen LogP contribution in [0, 0.1) is 6.92 Å². The first-order chi connectivity index (χ1) is 32.2. The molecular formula is C65H38. The molecule has 0 bridgehead atoms. The van der Waals surface area contributed by atoms with Gasteiger partial charge >= 0.3 is 0 Å². The lowest BCUT2D eigenvalue weighted by Gasteiger charge is -2.24. The van der Waals surface area contributed by atoms with E-state index in [0.29, 0.717) is 0 Å². The van der Waals surface area contributed by atoms with Gasteiger partial charge in [-0.05, 0) is 165 Å². The van der Waals surface area contributed by atoms with Crippen molar-refractivity contribution in [3.8, 4) is 44.5 Å². The second-order valence-corrected chi connectivity index (χ2v) is 18.2. The lowest BCUT2D eigenvalue weighted by atomic mass is 9.78. The summed E-state index contributed by atoms with van der Waals surface area (Å²) in [5, 5.41) is 26.6. The normalized spacial score (nSPS) is 12.4. The summed E-state index contributed by atoms with van der Waals surface area (Å²) < 4.78 is 0. The van der Waals surface area contributed by atoms with Crippen LogP contribution in [0.2, 0.25) is 0 Å². The van der Waals surface area contributed by atoms with E-state index in [1.807, 2.05) is 0 Å². The van der Waals surface area contributed by atoms with Crippen molar-refractivity contribution >= 4 is 108 Å². The van der Waals surface area contributed by atoms with Crippen LogP contribution in [-0.2, 0) is 0 Å². The standard InChI is InChI=1S/C65H38/c1-37-31-32-49-55-43(37)27-16-30-48(55)62-60-47-29-15-26-40-25-14-28-46(52(40)47)58(60)53(41-21-10-4-11-22-41)64-54(42-23-12-5-13-24-42)59-50-35-33-44(38-17-6-2-7-18-38)56-45(39-19-8-3-9-20-39)34-36-51(57(50)56)61(59)63(49)65(62)64/h2-36H,1H3. The first-order valence-corrected chi connectivity index (χ1v) is 22.9. The molecule has 0 aromatic heterocycles. The number of fused-ring (bicyclic) bond motifs is 10. The Balaban J connectivity index is 1.34. The summed E-state index contributed by atoms with van der Waals surface area (Å²) in [5.74, 6) is 0.